The molecule has 0 atom stereocenters. The maximum atomic E-state index is 10.9. The van der Waals surface area contributed by atoms with Crippen molar-refractivity contribution in [3.63, 3.8) is 0 Å². The van der Waals surface area contributed by atoms with Crippen molar-refractivity contribution in [2.75, 3.05) is 13.1 Å². The first kappa shape index (κ1) is 45.8. The van der Waals surface area contributed by atoms with Crippen molar-refractivity contribution in [1.82, 2.24) is 5.32 Å². The minimum absolute atomic E-state index is 0.198. The van der Waals surface area contributed by atoms with Gasteiger partial charge in [0.05, 0.1) is 0 Å². The molecule has 5 heteroatoms. The molecule has 0 aliphatic heterocycles. The summed E-state index contributed by atoms with van der Waals surface area (Å²) in [5.74, 6) is -0.0129. The van der Waals surface area contributed by atoms with Crippen LogP contribution in [0, 0.1) is 0 Å². The van der Waals surface area contributed by atoms with Crippen LogP contribution in [0.15, 0.2) is 0 Å². The van der Waals surface area contributed by atoms with Gasteiger partial charge in [-0.25, -0.2) is 0 Å². The monoisotopic (exact) mass is 532 g/mol. The molecule has 5 N–H and O–H groups in total. The third-order valence-electron chi connectivity index (χ3n) is 5.38. The molecule has 0 unspecified atom stereocenters. The number of nitrogens with two attached hydrogens (primary N) is 2. The SMILES string of the molecule is C1CCCC1.C1CCCC1.CC.CC.CCCC(N)=O.CCCCCN.CCCCCNC(=O)CCC. The van der Waals surface area contributed by atoms with Gasteiger partial charge in [0.2, 0.25) is 11.8 Å². The van der Waals surface area contributed by atoms with Gasteiger partial charge in [-0.2, -0.15) is 0 Å². The van der Waals surface area contributed by atoms with Crippen LogP contribution >= 0.6 is 0 Å². The molecular weight excluding hydrogens is 458 g/mol. The molecule has 2 aliphatic rings. The minimum atomic E-state index is -0.211. The van der Waals surface area contributed by atoms with Crippen LogP contribution in [0.1, 0.15) is 184 Å². The maximum absolute atomic E-state index is 10.9. The summed E-state index contributed by atoms with van der Waals surface area (Å²) in [6.45, 7) is 18.0. The Morgan fingerprint density at radius 3 is 1.14 bits per heavy atom. The number of amides is 2. The number of carbonyl (C=O) groups excluding carboxylic acids is 2. The number of carbonyl (C=O) groups is 2. The van der Waals surface area contributed by atoms with Crippen molar-refractivity contribution in [2.45, 2.75) is 184 Å². The molecule has 0 aromatic rings. The number of primary amides is 1. The predicted molar refractivity (Wildman–Crippen MR) is 169 cm³/mol. The zero-order valence-corrected chi connectivity index (χ0v) is 27.0. The summed E-state index contributed by atoms with van der Waals surface area (Å²) in [6, 6.07) is 0. The number of unbranched alkanes of at least 4 members (excludes halogenated alkanes) is 4. The summed E-state index contributed by atoms with van der Waals surface area (Å²) in [7, 11) is 0. The number of rotatable bonds is 11. The van der Waals surface area contributed by atoms with E-state index in [4.69, 9.17) is 11.5 Å². The average molecular weight is 532 g/mol. The largest absolute Gasteiger partial charge is 0.370 e. The summed E-state index contributed by atoms with van der Waals surface area (Å²) >= 11 is 0. The lowest BCUT2D eigenvalue weighted by Crippen LogP contribution is -2.23. The minimum Gasteiger partial charge on any atom is -0.370 e. The van der Waals surface area contributed by atoms with Crippen LogP contribution in [-0.2, 0) is 9.59 Å². The van der Waals surface area contributed by atoms with Gasteiger partial charge in [-0.1, -0.05) is 145 Å². The van der Waals surface area contributed by atoms with Crippen molar-refractivity contribution in [3.8, 4) is 0 Å². The highest BCUT2D eigenvalue weighted by molar-refractivity contribution is 5.75. The third-order valence-corrected chi connectivity index (χ3v) is 5.38. The lowest BCUT2D eigenvalue weighted by Gasteiger charge is -2.02. The van der Waals surface area contributed by atoms with Crippen LogP contribution in [0.2, 0.25) is 0 Å². The molecule has 0 radical (unpaired) electrons. The first-order valence-corrected chi connectivity index (χ1v) is 16.2. The van der Waals surface area contributed by atoms with Gasteiger partial charge in [0.1, 0.15) is 0 Å². The Morgan fingerprint density at radius 1 is 0.568 bits per heavy atom. The highest BCUT2D eigenvalue weighted by atomic mass is 16.1. The second-order valence-electron chi connectivity index (χ2n) is 9.05. The van der Waals surface area contributed by atoms with Gasteiger partial charge in [-0.05, 0) is 32.2 Å². The fourth-order valence-electron chi connectivity index (χ4n) is 3.33. The van der Waals surface area contributed by atoms with Crippen molar-refractivity contribution in [2.24, 2.45) is 11.5 Å². The highest BCUT2D eigenvalue weighted by Gasteiger charge is 1.96. The summed E-state index contributed by atoms with van der Waals surface area (Å²) < 4.78 is 0. The molecule has 0 spiro atoms. The Morgan fingerprint density at radius 2 is 0.919 bits per heavy atom. The van der Waals surface area contributed by atoms with E-state index in [1.54, 1.807) is 0 Å². The second kappa shape index (κ2) is 51.5. The molecule has 0 heterocycles. The van der Waals surface area contributed by atoms with Gasteiger partial charge >= 0.3 is 0 Å². The molecule has 2 amide bonds. The van der Waals surface area contributed by atoms with Gasteiger partial charge in [-0.15, -0.1) is 0 Å². The standard InChI is InChI=1S/C9H19NO.C5H13N.2C5H10.C4H9NO.2C2H6/c1-3-5-6-8-10-9(11)7-4-2;1-2-3-4-5-6;2*1-2-4-5-3-1;1-2-3-4(5)6;2*1-2/h3-8H2,1-2H3,(H,10,11);2-6H2,1H3;2*1-5H2;2-3H2,1H3,(H2,5,6);2*1-2H3. The second-order valence-corrected chi connectivity index (χ2v) is 9.05. The number of hydrogen-bond acceptors (Lipinski definition) is 3. The lowest BCUT2D eigenvalue weighted by atomic mass is 10.2. The summed E-state index contributed by atoms with van der Waals surface area (Å²) in [5.41, 5.74) is 9.98. The van der Waals surface area contributed by atoms with E-state index in [1.165, 1.54) is 96.3 Å². The van der Waals surface area contributed by atoms with Crippen molar-refractivity contribution >= 4 is 11.8 Å². The first-order valence-electron chi connectivity index (χ1n) is 16.2. The fourth-order valence-corrected chi connectivity index (χ4v) is 3.33. The molecule has 2 aliphatic carbocycles. The quantitative estimate of drug-likeness (QED) is 0.231. The van der Waals surface area contributed by atoms with E-state index < -0.39 is 0 Å². The fraction of sp³-hybridized carbons (Fsp3) is 0.938. The zero-order valence-electron chi connectivity index (χ0n) is 27.0. The van der Waals surface area contributed by atoms with Gasteiger partial charge in [-0.3, -0.25) is 9.59 Å². The summed E-state index contributed by atoms with van der Waals surface area (Å²) in [4.78, 5) is 20.7. The summed E-state index contributed by atoms with van der Waals surface area (Å²) in [6.07, 6.45) is 25.3. The predicted octanol–water partition coefficient (Wildman–Crippen LogP) is 9.45. The Hall–Kier alpha value is -1.10. The van der Waals surface area contributed by atoms with Crippen LogP contribution in [0.25, 0.3) is 0 Å². The molecule has 0 saturated heterocycles. The Balaban J connectivity index is -0.000000115. The molecule has 228 valence electrons. The topological polar surface area (TPSA) is 98.2 Å². The molecule has 5 nitrogen and oxygen atoms in total. The van der Waals surface area contributed by atoms with E-state index in [-0.39, 0.29) is 11.8 Å². The number of nitrogens with one attached hydrogen (secondary N) is 1. The molecule has 0 aromatic heterocycles. The van der Waals surface area contributed by atoms with E-state index in [2.05, 4.69) is 19.2 Å². The number of hydrogen-bond donors (Lipinski definition) is 3. The summed E-state index contributed by atoms with van der Waals surface area (Å²) in [5, 5.41) is 2.88. The van der Waals surface area contributed by atoms with Gasteiger partial charge < -0.3 is 16.8 Å². The average Bonchev–Trinajstić information content (AvgIpc) is 3.68. The Kier molecular flexibility index (Phi) is 63.8. The van der Waals surface area contributed by atoms with Crippen LogP contribution in [0.4, 0.5) is 0 Å². The van der Waals surface area contributed by atoms with E-state index in [1.807, 2.05) is 41.5 Å². The Labute approximate surface area is 235 Å². The van der Waals surface area contributed by atoms with Crippen molar-refractivity contribution < 1.29 is 9.59 Å². The molecule has 2 saturated carbocycles. The van der Waals surface area contributed by atoms with Gasteiger partial charge in [0, 0.05) is 19.4 Å². The van der Waals surface area contributed by atoms with E-state index in [9.17, 15) is 9.59 Å². The van der Waals surface area contributed by atoms with Crippen LogP contribution < -0.4 is 16.8 Å². The molecule has 0 bridgehead atoms. The normalized spacial score (nSPS) is 12.5. The molecule has 0 aromatic carbocycles. The van der Waals surface area contributed by atoms with E-state index in [0.29, 0.717) is 12.8 Å². The van der Waals surface area contributed by atoms with E-state index in [0.717, 1.165) is 32.4 Å². The zero-order chi connectivity index (χ0) is 29.4. The van der Waals surface area contributed by atoms with Crippen molar-refractivity contribution in [1.29, 1.82) is 0 Å². The molecule has 37 heavy (non-hydrogen) atoms. The van der Waals surface area contributed by atoms with Gasteiger partial charge in [0.15, 0.2) is 0 Å². The molecule has 2 fully saturated rings. The smallest absolute Gasteiger partial charge is 0.219 e. The van der Waals surface area contributed by atoms with Gasteiger partial charge in [0.25, 0.3) is 0 Å². The molecule has 2 rings (SSSR count). The first-order chi connectivity index (χ1) is 18.0. The Bertz CT molecular complexity index is 340. The van der Waals surface area contributed by atoms with Crippen LogP contribution in [-0.4, -0.2) is 24.9 Å². The molecular formula is C32H73N3O2. The van der Waals surface area contributed by atoms with E-state index >= 15 is 0 Å². The van der Waals surface area contributed by atoms with Crippen molar-refractivity contribution in [3.05, 3.63) is 0 Å². The lowest BCUT2D eigenvalue weighted by molar-refractivity contribution is -0.121. The van der Waals surface area contributed by atoms with Crippen LogP contribution in [0.5, 0.6) is 0 Å². The van der Waals surface area contributed by atoms with Crippen LogP contribution in [0.3, 0.4) is 0 Å². The third kappa shape index (κ3) is 66.1. The maximum Gasteiger partial charge on any atom is 0.219 e. The highest BCUT2D eigenvalue weighted by Crippen LogP contribution is 2.15.